The number of piperazine rings is 1. The second-order valence-electron chi connectivity index (χ2n) is 19.2. The van der Waals surface area contributed by atoms with Crippen LogP contribution in [0.1, 0.15) is 63.4 Å². The van der Waals surface area contributed by atoms with E-state index in [9.17, 15) is 38.7 Å². The molecule has 6 aromatic rings. The van der Waals surface area contributed by atoms with Crippen LogP contribution in [0.5, 0.6) is 0 Å². The molecular formula is C57H60FN9O11Y-2. The number of rotatable bonds is 20. The monoisotopic (exact) mass is 1150 g/mol. The van der Waals surface area contributed by atoms with E-state index in [1.54, 1.807) is 56.0 Å². The summed E-state index contributed by atoms with van der Waals surface area (Å²) in [6.45, 7) is 10.5. The number of halogens is 1. The van der Waals surface area contributed by atoms with Crippen LogP contribution in [0.2, 0.25) is 0 Å². The van der Waals surface area contributed by atoms with Crippen molar-refractivity contribution in [2.45, 2.75) is 44.2 Å². The number of carbonyl (C=O) groups excluding carboxylic acids is 5. The molecule has 1 atom stereocenters. The van der Waals surface area contributed by atoms with Crippen LogP contribution in [0, 0.1) is 18.8 Å². The summed E-state index contributed by atoms with van der Waals surface area (Å²) >= 11 is 0. The van der Waals surface area contributed by atoms with Gasteiger partial charge in [-0.05, 0) is 83.7 Å². The van der Waals surface area contributed by atoms with Gasteiger partial charge in [0.2, 0.25) is 17.7 Å². The number of carbonyl (C=O) groups is 5. The number of fused-ring (bicyclic) bond motifs is 2. The first kappa shape index (κ1) is 58.2. The predicted octanol–water partition coefficient (Wildman–Crippen LogP) is 4.01. The van der Waals surface area contributed by atoms with Gasteiger partial charge < -0.3 is 60.8 Å². The molecule has 3 fully saturated rings. The molecule has 5 amide bonds. The minimum absolute atomic E-state index is 0. The molecule has 10 rings (SSSR count). The van der Waals surface area contributed by atoms with Crippen molar-refractivity contribution in [3.8, 4) is 16.8 Å². The van der Waals surface area contributed by atoms with Crippen LogP contribution in [-0.2, 0) is 75.0 Å². The van der Waals surface area contributed by atoms with Crippen LogP contribution < -0.4 is 32.0 Å². The molecule has 79 heavy (non-hydrogen) atoms. The molecule has 0 bridgehead atoms. The van der Waals surface area contributed by atoms with Crippen LogP contribution >= 0.6 is 0 Å². The van der Waals surface area contributed by atoms with Crippen LogP contribution in [0.3, 0.4) is 0 Å². The van der Waals surface area contributed by atoms with Gasteiger partial charge in [0.25, 0.3) is 11.1 Å². The summed E-state index contributed by atoms with van der Waals surface area (Å²) in [4.78, 5) is 95.1. The second-order valence-corrected chi connectivity index (χ2v) is 19.2. The number of piperidine rings is 1. The quantitative estimate of drug-likeness (QED) is 0.0480. The van der Waals surface area contributed by atoms with Gasteiger partial charge in [-0.1, -0.05) is 23.8 Å². The summed E-state index contributed by atoms with van der Waals surface area (Å²) in [5.74, 6) is -2.05. The molecule has 1 unspecified atom stereocenters. The van der Waals surface area contributed by atoms with Crippen LogP contribution in [0.25, 0.3) is 27.6 Å². The van der Waals surface area contributed by atoms with Crippen LogP contribution in [0.15, 0.2) is 101 Å². The number of aliphatic hydroxyl groups is 1. The first-order valence-electron chi connectivity index (χ1n) is 25.8. The van der Waals surface area contributed by atoms with E-state index in [0.29, 0.717) is 91.4 Å². The molecule has 20 nitrogen and oxygen atoms in total. The fraction of sp³-hybridized carbons (Fsp3) is 0.351. The number of hydrogen-bond donors (Lipinski definition) is 4. The van der Waals surface area contributed by atoms with E-state index in [1.165, 1.54) is 27.3 Å². The molecule has 1 aliphatic carbocycles. The summed E-state index contributed by atoms with van der Waals surface area (Å²) in [5.41, 5.74) is 3.99. The number of amides is 5. The summed E-state index contributed by atoms with van der Waals surface area (Å²) in [6, 6.07) is 22.4. The number of imide groups is 2. The number of aromatic nitrogens is 3. The molecule has 22 heteroatoms. The number of ether oxygens (including phenoxy) is 3. The summed E-state index contributed by atoms with van der Waals surface area (Å²) in [7, 11) is 1.65. The van der Waals surface area contributed by atoms with Crippen molar-refractivity contribution in [3.05, 3.63) is 153 Å². The predicted molar refractivity (Wildman–Crippen MR) is 287 cm³/mol. The number of hydrogen-bond acceptors (Lipinski definition) is 15. The number of pyridine rings is 3. The van der Waals surface area contributed by atoms with Crippen molar-refractivity contribution in [2.75, 3.05) is 89.1 Å². The van der Waals surface area contributed by atoms with Crippen molar-refractivity contribution < 1.29 is 80.4 Å². The number of nitrogens with one attached hydrogen (secondary N) is 3. The average Bonchev–Trinajstić information content (AvgIpc) is 4.37. The average molecular weight is 1160 g/mol. The Morgan fingerprint density at radius 2 is 1.59 bits per heavy atom. The second kappa shape index (κ2) is 26.8. The third-order valence-electron chi connectivity index (χ3n) is 14.0. The molecule has 1 saturated carbocycles. The summed E-state index contributed by atoms with van der Waals surface area (Å²) < 4.78 is 34.8. The third-order valence-corrected chi connectivity index (χ3v) is 14.0. The Morgan fingerprint density at radius 3 is 2.28 bits per heavy atom. The summed E-state index contributed by atoms with van der Waals surface area (Å²) in [6.07, 6.45) is 7.44. The molecule has 3 aliphatic heterocycles. The molecule has 411 valence electrons. The maximum absolute atomic E-state index is 15.3. The van der Waals surface area contributed by atoms with Crippen LogP contribution in [-0.4, -0.2) is 144 Å². The first-order valence-corrected chi connectivity index (χ1v) is 25.8. The number of nitrogens with zero attached hydrogens (tertiary/aromatic N) is 6. The van der Waals surface area contributed by atoms with Gasteiger partial charge in [-0.3, -0.25) is 38.8 Å². The standard InChI is InChI=1S/C44H51FN7O7.C13H9N2O4.Y/c1-30(54)46-11-18-57-20-22-59-23-21-58-19-17-50-13-15-51(16-14-50)35-8-9-41(47-27-35)48-39-26-34(28-49(2)43(39)55)36-4-3-5-40(37(36)29-53)52-12-10-32-24-33(31-6-7-31)25-38(45)42(32)44(52)56;16-10-6-5-9(11(17)14-10)15-12(18)7-3-1-2-4-8(7)13(15)19;/h3-5,8-10,12,24-28,31,53H,1,6-7,11,13-23,29H2,2H3,(H,46,54)(H,47,48);1-3,9H,5-6H2,(H,14,16,17);/q2*-1;. The van der Waals surface area contributed by atoms with E-state index in [-0.39, 0.29) is 79.4 Å². The third kappa shape index (κ3) is 13.9. The Kier molecular flexibility index (Phi) is 19.7. The van der Waals surface area contributed by atoms with Gasteiger partial charge in [-0.25, -0.2) is 9.37 Å². The van der Waals surface area contributed by atoms with Gasteiger partial charge in [0.05, 0.1) is 75.1 Å². The van der Waals surface area contributed by atoms with Gasteiger partial charge in [-0.15, -0.1) is 24.3 Å². The molecule has 2 saturated heterocycles. The Balaban J connectivity index is 0.000000344. The molecule has 3 aromatic heterocycles. The van der Waals surface area contributed by atoms with E-state index in [0.717, 1.165) is 61.7 Å². The smallest absolute Gasteiger partial charge is 0.274 e. The molecule has 3 aromatic carbocycles. The molecule has 6 heterocycles. The van der Waals surface area contributed by atoms with Crippen LogP contribution in [0.4, 0.5) is 21.6 Å². The van der Waals surface area contributed by atoms with Crippen molar-refractivity contribution in [2.24, 2.45) is 7.05 Å². The minimum Gasteiger partial charge on any atom is -0.392 e. The van der Waals surface area contributed by atoms with Crippen molar-refractivity contribution in [1.82, 2.24) is 34.6 Å². The van der Waals surface area contributed by atoms with E-state index >= 15 is 4.39 Å². The van der Waals surface area contributed by atoms with Crippen molar-refractivity contribution in [3.63, 3.8) is 0 Å². The Hall–Kier alpha value is -6.98. The fourth-order valence-corrected chi connectivity index (χ4v) is 9.74. The fourth-order valence-electron chi connectivity index (χ4n) is 9.74. The Bertz CT molecular complexity index is 3310. The van der Waals surface area contributed by atoms with E-state index in [4.69, 9.17) is 14.2 Å². The minimum atomic E-state index is -0.918. The molecule has 1 radical (unpaired) electrons. The molecule has 0 spiro atoms. The number of anilines is 3. The molecular weight excluding hydrogens is 1090 g/mol. The maximum atomic E-state index is 15.3. The normalized spacial score (nSPS) is 16.3. The van der Waals surface area contributed by atoms with E-state index < -0.39 is 41.7 Å². The van der Waals surface area contributed by atoms with Crippen molar-refractivity contribution in [1.29, 1.82) is 0 Å². The molecule has 4 N–H and O–H groups in total. The van der Waals surface area contributed by atoms with Crippen molar-refractivity contribution >= 4 is 57.5 Å². The van der Waals surface area contributed by atoms with Gasteiger partial charge in [0.1, 0.15) is 23.4 Å². The maximum Gasteiger partial charge on any atom is 0.274 e. The first-order chi connectivity index (χ1) is 37.8. The Labute approximate surface area is 480 Å². The zero-order valence-corrected chi connectivity index (χ0v) is 46.5. The van der Waals surface area contributed by atoms with E-state index in [1.807, 2.05) is 24.3 Å². The number of benzene rings is 3. The zero-order chi connectivity index (χ0) is 54.9. The number of aliphatic hydroxyl groups excluding tert-OH is 1. The van der Waals surface area contributed by atoms with Gasteiger partial charge in [-0.2, -0.15) is 0 Å². The number of aryl methyl sites for hydroxylation is 1. The molecule has 4 aliphatic rings. The van der Waals surface area contributed by atoms with Gasteiger partial charge >= 0.3 is 0 Å². The van der Waals surface area contributed by atoms with Gasteiger partial charge in [0, 0.05) is 109 Å². The Morgan fingerprint density at radius 1 is 0.861 bits per heavy atom. The topological polar surface area (TPSA) is 236 Å². The van der Waals surface area contributed by atoms with E-state index in [2.05, 4.69) is 43.7 Å². The summed E-state index contributed by atoms with van der Waals surface area (Å²) in [5, 5.41) is 19.1. The SMILES string of the molecule is O=C1CCC(N2C(=O)c3[c-]cccc3C2=O)C(=O)N1.[CH2-]C(=O)NCCOCCOCCOCCN1CCN(c2ccc(Nc3cc(-c4cccc(-n5ccc6cc(C7CC7)cc(F)c6c5=O)c4CO)cn(C)c3=O)nc2)CC1.[Y]. The largest absolute Gasteiger partial charge is 0.392 e. The zero-order valence-electron chi connectivity index (χ0n) is 43.7. The van der Waals surface area contributed by atoms with Gasteiger partial charge in [0.15, 0.2) is 5.91 Å².